The van der Waals surface area contributed by atoms with Crippen LogP contribution in [-0.4, -0.2) is 61.5 Å². The second-order valence-corrected chi connectivity index (χ2v) is 8.23. The number of hydrogen-bond donors (Lipinski definition) is 4. The summed E-state index contributed by atoms with van der Waals surface area (Å²) in [5.74, 6) is -1.53. The molecule has 2 atom stereocenters. The van der Waals surface area contributed by atoms with Gasteiger partial charge in [-0.15, -0.1) is 0 Å². The van der Waals surface area contributed by atoms with Gasteiger partial charge in [-0.2, -0.15) is 0 Å². The largest absolute Gasteiger partial charge is 0.493 e. The highest BCUT2D eigenvalue weighted by Gasteiger charge is 2.30. The van der Waals surface area contributed by atoms with Crippen molar-refractivity contribution in [3.8, 4) is 5.75 Å². The summed E-state index contributed by atoms with van der Waals surface area (Å²) in [6.45, 7) is 6.89. The van der Waals surface area contributed by atoms with Crippen molar-refractivity contribution in [1.82, 2.24) is 20.9 Å². The minimum absolute atomic E-state index is 0.139. The summed E-state index contributed by atoms with van der Waals surface area (Å²) < 4.78 is 10.3. The first kappa shape index (κ1) is 27.7. The number of nitrogens with one attached hydrogen (secondary N) is 4. The molecular weight excluding hydrogens is 452 g/mol. The first-order chi connectivity index (χ1) is 16.8. The van der Waals surface area contributed by atoms with Crippen molar-refractivity contribution in [3.05, 3.63) is 30.0 Å². The molecule has 1 aromatic heterocycles. The molecule has 0 unspecified atom stereocenters. The highest BCUT2D eigenvalue weighted by molar-refractivity contribution is 6.01. The highest BCUT2D eigenvalue weighted by Crippen LogP contribution is 2.26. The van der Waals surface area contributed by atoms with Crippen molar-refractivity contribution in [2.75, 3.05) is 26.8 Å². The molecule has 0 radical (unpaired) electrons. The third-order valence-corrected chi connectivity index (χ3v) is 5.32. The van der Waals surface area contributed by atoms with E-state index in [1.165, 1.54) is 13.5 Å². The van der Waals surface area contributed by atoms with Gasteiger partial charge < -0.3 is 30.4 Å². The number of methoxy groups -OCH3 is 1. The fourth-order valence-electron chi connectivity index (χ4n) is 3.73. The predicted octanol–water partition coefficient (Wildman–Crippen LogP) is 2.29. The van der Waals surface area contributed by atoms with Crippen LogP contribution in [-0.2, 0) is 19.1 Å². The average molecular weight is 489 g/mol. The van der Waals surface area contributed by atoms with Crippen LogP contribution in [0.3, 0.4) is 0 Å². The lowest BCUT2D eigenvalue weighted by Gasteiger charge is -2.25. The number of hydrogen-bond acceptors (Lipinski definition) is 6. The van der Waals surface area contributed by atoms with Crippen LogP contribution in [0.1, 0.15) is 56.9 Å². The van der Waals surface area contributed by atoms with Crippen molar-refractivity contribution < 1.29 is 28.7 Å². The number of rotatable bonds is 9. The summed E-state index contributed by atoms with van der Waals surface area (Å²) in [6.07, 6.45) is 2.83. The summed E-state index contributed by atoms with van der Waals surface area (Å²) in [4.78, 5) is 52.0. The normalized spacial score (nSPS) is 15.8. The number of ether oxygens (including phenoxy) is 2. The Morgan fingerprint density at radius 2 is 1.94 bits per heavy atom. The Labute approximate surface area is 205 Å². The topological polar surface area (TPSA) is 139 Å². The lowest BCUT2D eigenvalue weighted by molar-refractivity contribution is -0.146. The van der Waals surface area contributed by atoms with E-state index in [0.29, 0.717) is 25.3 Å². The van der Waals surface area contributed by atoms with E-state index >= 15 is 0 Å². The molecule has 4 N–H and O–H groups in total. The van der Waals surface area contributed by atoms with Crippen molar-refractivity contribution >= 4 is 34.6 Å². The third kappa shape index (κ3) is 8.01. The molecule has 0 bridgehead atoms. The average Bonchev–Trinajstić information content (AvgIpc) is 3.29. The fraction of sp³-hybridized carbons (Fsp3) is 0.520. The van der Waals surface area contributed by atoms with Gasteiger partial charge in [-0.25, -0.2) is 4.79 Å². The lowest BCUT2D eigenvalue weighted by atomic mass is 9.91. The number of esters is 1. The number of H-pyrrole nitrogens is 1. The summed E-state index contributed by atoms with van der Waals surface area (Å²) in [7, 11) is 1.22. The molecular formula is C25H36N4O6. The smallest absolute Gasteiger partial charge is 0.328 e. The van der Waals surface area contributed by atoms with Gasteiger partial charge in [-0.1, -0.05) is 26.3 Å². The highest BCUT2D eigenvalue weighted by atomic mass is 16.5. The molecule has 10 heteroatoms. The van der Waals surface area contributed by atoms with Gasteiger partial charge in [-0.3, -0.25) is 14.4 Å². The number of aromatic amines is 1. The van der Waals surface area contributed by atoms with Crippen molar-refractivity contribution in [2.24, 2.45) is 5.92 Å². The van der Waals surface area contributed by atoms with E-state index in [9.17, 15) is 19.2 Å². The molecule has 2 heterocycles. The minimum atomic E-state index is -0.972. The standard InChI is InChI=1S/C22H28N4O6.C3H8/c1-3-32-18-8-4-7-15-14(18)11-16(25-15)21(29)24-12-19(27)26-17(22(30)31-2)10-13-6-5-9-23-20(13)28;1-3-2/h4,7-8,11,13,17,25H,3,5-6,9-10,12H2,1-2H3,(H,23,28)(H,24,29)(H,26,27);3H2,1-2H3/t13-,17-;/m0./s1. The Hall–Kier alpha value is -3.56. The molecule has 10 nitrogen and oxygen atoms in total. The summed E-state index contributed by atoms with van der Waals surface area (Å²) in [5.41, 5.74) is 1.02. The molecule has 1 aliphatic rings. The Balaban J connectivity index is 0.00000137. The van der Waals surface area contributed by atoms with E-state index in [4.69, 9.17) is 9.47 Å². The zero-order valence-electron chi connectivity index (χ0n) is 20.9. The quantitative estimate of drug-likeness (QED) is 0.400. The molecule has 3 amide bonds. The third-order valence-electron chi connectivity index (χ3n) is 5.32. The number of piperidine rings is 1. The van der Waals surface area contributed by atoms with Gasteiger partial charge >= 0.3 is 5.97 Å². The van der Waals surface area contributed by atoms with Gasteiger partial charge in [0.05, 0.1) is 20.3 Å². The van der Waals surface area contributed by atoms with E-state index in [1.807, 2.05) is 25.1 Å². The van der Waals surface area contributed by atoms with Gasteiger partial charge in [0.15, 0.2) is 0 Å². The van der Waals surface area contributed by atoms with Crippen molar-refractivity contribution in [3.63, 3.8) is 0 Å². The van der Waals surface area contributed by atoms with Gasteiger partial charge in [0.25, 0.3) is 5.91 Å². The van der Waals surface area contributed by atoms with Crippen LogP contribution in [0.4, 0.5) is 0 Å². The molecule has 3 rings (SSSR count). The lowest BCUT2D eigenvalue weighted by Crippen LogP contribution is -2.48. The molecule has 35 heavy (non-hydrogen) atoms. The van der Waals surface area contributed by atoms with E-state index in [1.54, 1.807) is 6.07 Å². The van der Waals surface area contributed by atoms with Gasteiger partial charge in [0.2, 0.25) is 11.8 Å². The van der Waals surface area contributed by atoms with Crippen molar-refractivity contribution in [1.29, 1.82) is 0 Å². The molecule has 1 saturated heterocycles. The van der Waals surface area contributed by atoms with Crippen molar-refractivity contribution in [2.45, 2.75) is 52.5 Å². The maximum Gasteiger partial charge on any atom is 0.328 e. The zero-order valence-corrected chi connectivity index (χ0v) is 20.9. The van der Waals surface area contributed by atoms with Crippen LogP contribution in [0.25, 0.3) is 10.9 Å². The van der Waals surface area contributed by atoms with Gasteiger partial charge in [-0.05, 0) is 44.4 Å². The molecule has 2 aromatic rings. The molecule has 1 aromatic carbocycles. The van der Waals surface area contributed by atoms with Crippen LogP contribution in [0.5, 0.6) is 5.75 Å². The maximum atomic E-state index is 12.5. The Morgan fingerprint density at radius 3 is 2.60 bits per heavy atom. The van der Waals surface area contributed by atoms with Crippen LogP contribution in [0.2, 0.25) is 0 Å². The van der Waals surface area contributed by atoms with Crippen LogP contribution >= 0.6 is 0 Å². The SMILES string of the molecule is CCC.CCOc1cccc2[nH]c(C(=O)NCC(=O)N[C@@H](C[C@@H]3CCCNC3=O)C(=O)OC)cc12. The van der Waals surface area contributed by atoms with E-state index in [-0.39, 0.29) is 30.5 Å². The minimum Gasteiger partial charge on any atom is -0.493 e. The molecule has 1 aliphatic heterocycles. The maximum absolute atomic E-state index is 12.5. The Kier molecular flexibility index (Phi) is 11.1. The van der Waals surface area contributed by atoms with E-state index < -0.39 is 23.8 Å². The number of carbonyl (C=O) groups is 4. The first-order valence-corrected chi connectivity index (χ1v) is 12.0. The number of benzene rings is 1. The first-order valence-electron chi connectivity index (χ1n) is 12.0. The summed E-state index contributed by atoms with van der Waals surface area (Å²) >= 11 is 0. The van der Waals surface area contributed by atoms with Crippen LogP contribution in [0.15, 0.2) is 24.3 Å². The van der Waals surface area contributed by atoms with E-state index in [0.717, 1.165) is 17.3 Å². The molecule has 0 spiro atoms. The second kappa shape index (κ2) is 14.0. The van der Waals surface area contributed by atoms with E-state index in [2.05, 4.69) is 34.8 Å². The second-order valence-electron chi connectivity index (χ2n) is 8.23. The number of aromatic nitrogens is 1. The van der Waals surface area contributed by atoms with Crippen LogP contribution < -0.4 is 20.7 Å². The molecule has 192 valence electrons. The van der Waals surface area contributed by atoms with Crippen LogP contribution in [0, 0.1) is 5.92 Å². The molecule has 1 fully saturated rings. The van der Waals surface area contributed by atoms with Gasteiger partial charge in [0, 0.05) is 23.4 Å². The fourth-order valence-corrected chi connectivity index (χ4v) is 3.73. The number of fused-ring (bicyclic) bond motifs is 1. The zero-order chi connectivity index (χ0) is 25.8. The Bertz CT molecular complexity index is 1020. The predicted molar refractivity (Wildman–Crippen MR) is 132 cm³/mol. The summed E-state index contributed by atoms with van der Waals surface area (Å²) in [5, 5.41) is 8.61. The number of amides is 3. The number of carbonyl (C=O) groups excluding carboxylic acids is 4. The Morgan fingerprint density at radius 1 is 1.20 bits per heavy atom. The molecule has 0 saturated carbocycles. The monoisotopic (exact) mass is 488 g/mol. The summed E-state index contributed by atoms with van der Waals surface area (Å²) in [6, 6.07) is 6.14. The molecule has 0 aliphatic carbocycles. The van der Waals surface area contributed by atoms with Gasteiger partial charge in [0.1, 0.15) is 17.5 Å².